The molecule has 2 rings (SSSR count). The molecule has 72 valence electrons. The van der Waals surface area contributed by atoms with Gasteiger partial charge in [0.1, 0.15) is 5.54 Å². The van der Waals surface area contributed by atoms with Gasteiger partial charge < -0.3 is 15.9 Å². The van der Waals surface area contributed by atoms with Gasteiger partial charge in [-0.3, -0.25) is 9.59 Å². The summed E-state index contributed by atoms with van der Waals surface area (Å²) < 4.78 is 0. The average molecular weight is 185 g/mol. The molecule has 0 saturated heterocycles. The topological polar surface area (TPSA) is 101 Å². The van der Waals surface area contributed by atoms with Crippen LogP contribution in [0.3, 0.4) is 0 Å². The lowest BCUT2D eigenvalue weighted by Gasteiger charge is -2.20. The van der Waals surface area contributed by atoms with Gasteiger partial charge in [-0.2, -0.15) is 0 Å². The SMILES string of the molecule is N[C@@]1(C(=O)O)CC[C@@H]2[C@@H](C(=O)O)[C@@H]21. The highest BCUT2D eigenvalue weighted by molar-refractivity contribution is 5.85. The fourth-order valence-corrected chi connectivity index (χ4v) is 2.59. The third-order valence-electron chi connectivity index (χ3n) is 3.34. The number of fused-ring (bicyclic) bond motifs is 1. The molecule has 0 bridgehead atoms. The largest absolute Gasteiger partial charge is 0.481 e. The van der Waals surface area contributed by atoms with E-state index in [-0.39, 0.29) is 11.8 Å². The smallest absolute Gasteiger partial charge is 0.324 e. The molecule has 4 atom stereocenters. The average Bonchev–Trinajstić information content (AvgIpc) is 2.66. The minimum absolute atomic E-state index is 0.00130. The molecule has 0 unspecified atom stereocenters. The lowest BCUT2D eigenvalue weighted by molar-refractivity contribution is -0.145. The maximum atomic E-state index is 10.8. The molecule has 4 N–H and O–H groups in total. The van der Waals surface area contributed by atoms with Crippen LogP contribution in [0.2, 0.25) is 0 Å². The maximum Gasteiger partial charge on any atom is 0.324 e. The molecule has 2 aliphatic carbocycles. The van der Waals surface area contributed by atoms with Gasteiger partial charge in [0.25, 0.3) is 0 Å². The van der Waals surface area contributed by atoms with E-state index in [4.69, 9.17) is 15.9 Å². The van der Waals surface area contributed by atoms with Crippen molar-refractivity contribution in [3.63, 3.8) is 0 Å². The molecule has 0 radical (unpaired) electrons. The van der Waals surface area contributed by atoms with Crippen LogP contribution < -0.4 is 5.73 Å². The van der Waals surface area contributed by atoms with Crippen LogP contribution in [0.25, 0.3) is 0 Å². The van der Waals surface area contributed by atoms with Crippen molar-refractivity contribution >= 4 is 11.9 Å². The van der Waals surface area contributed by atoms with Gasteiger partial charge in [-0.1, -0.05) is 0 Å². The van der Waals surface area contributed by atoms with Crippen LogP contribution in [0.15, 0.2) is 0 Å². The van der Waals surface area contributed by atoms with Crippen LogP contribution in [0, 0.1) is 17.8 Å². The zero-order valence-electron chi connectivity index (χ0n) is 6.93. The number of hydrogen-bond donors (Lipinski definition) is 3. The fraction of sp³-hybridized carbons (Fsp3) is 0.750. The molecule has 0 aliphatic heterocycles. The van der Waals surface area contributed by atoms with E-state index in [1.165, 1.54) is 0 Å². The predicted octanol–water partition coefficient (Wildman–Crippen LogP) is -0.491. The molecule has 5 heteroatoms. The normalized spacial score (nSPS) is 47.0. The molecule has 2 aliphatic rings. The molecule has 0 amide bonds. The number of aliphatic carboxylic acids is 2. The zero-order chi connectivity index (χ0) is 9.80. The van der Waals surface area contributed by atoms with Crippen molar-refractivity contribution in [3.8, 4) is 0 Å². The monoisotopic (exact) mass is 185 g/mol. The summed E-state index contributed by atoms with van der Waals surface area (Å²) in [6.07, 6.45) is 1.03. The van der Waals surface area contributed by atoms with E-state index < -0.39 is 23.4 Å². The molecule has 0 aromatic heterocycles. The second-order valence-electron chi connectivity index (χ2n) is 3.94. The number of carboxylic acids is 2. The summed E-state index contributed by atoms with van der Waals surface area (Å²) in [5.41, 5.74) is 4.37. The van der Waals surface area contributed by atoms with Crippen LogP contribution in [-0.2, 0) is 9.59 Å². The summed E-state index contributed by atoms with van der Waals surface area (Å²) >= 11 is 0. The van der Waals surface area contributed by atoms with Gasteiger partial charge in [0, 0.05) is 5.92 Å². The Bertz CT molecular complexity index is 290. The van der Waals surface area contributed by atoms with E-state index in [1.54, 1.807) is 0 Å². The summed E-state index contributed by atoms with van der Waals surface area (Å²) in [7, 11) is 0. The van der Waals surface area contributed by atoms with Crippen LogP contribution in [0.5, 0.6) is 0 Å². The zero-order valence-corrected chi connectivity index (χ0v) is 6.93. The first-order chi connectivity index (χ1) is 5.98. The van der Waals surface area contributed by atoms with Gasteiger partial charge in [-0.25, -0.2) is 0 Å². The Kier molecular flexibility index (Phi) is 1.46. The third kappa shape index (κ3) is 0.904. The number of carboxylic acid groups (broad SMARTS) is 2. The maximum absolute atomic E-state index is 10.8. The Morgan fingerprint density at radius 3 is 2.38 bits per heavy atom. The molecular weight excluding hydrogens is 174 g/mol. The second kappa shape index (κ2) is 2.23. The van der Waals surface area contributed by atoms with Gasteiger partial charge in [0.2, 0.25) is 0 Å². The molecule has 0 heterocycles. The fourth-order valence-electron chi connectivity index (χ4n) is 2.59. The Morgan fingerprint density at radius 1 is 1.38 bits per heavy atom. The van der Waals surface area contributed by atoms with Crippen molar-refractivity contribution in [2.75, 3.05) is 0 Å². The van der Waals surface area contributed by atoms with Gasteiger partial charge in [-0.05, 0) is 18.8 Å². The Labute approximate surface area is 74.5 Å². The van der Waals surface area contributed by atoms with Crippen molar-refractivity contribution in [1.29, 1.82) is 0 Å². The van der Waals surface area contributed by atoms with Gasteiger partial charge in [0.15, 0.2) is 0 Å². The van der Waals surface area contributed by atoms with Crippen molar-refractivity contribution in [2.45, 2.75) is 18.4 Å². The number of rotatable bonds is 2. The minimum atomic E-state index is -1.28. The Morgan fingerprint density at radius 2 is 2.00 bits per heavy atom. The lowest BCUT2D eigenvalue weighted by atomic mass is 9.92. The number of carbonyl (C=O) groups is 2. The first-order valence-corrected chi connectivity index (χ1v) is 4.23. The first-order valence-electron chi connectivity index (χ1n) is 4.23. The van der Waals surface area contributed by atoms with Crippen LogP contribution in [0.1, 0.15) is 12.8 Å². The number of nitrogens with two attached hydrogens (primary N) is 1. The lowest BCUT2D eigenvalue weighted by Crippen LogP contribution is -2.49. The van der Waals surface area contributed by atoms with E-state index in [9.17, 15) is 9.59 Å². The summed E-state index contributed by atoms with van der Waals surface area (Å²) in [6, 6.07) is 0. The van der Waals surface area contributed by atoms with Crippen LogP contribution in [-0.4, -0.2) is 27.7 Å². The van der Waals surface area contributed by atoms with E-state index in [1.807, 2.05) is 0 Å². The number of hydrogen-bond acceptors (Lipinski definition) is 3. The highest BCUT2D eigenvalue weighted by Gasteiger charge is 2.69. The summed E-state index contributed by atoms with van der Waals surface area (Å²) in [5, 5.41) is 17.6. The van der Waals surface area contributed by atoms with Crippen molar-refractivity contribution in [3.05, 3.63) is 0 Å². The molecule has 0 aromatic rings. The van der Waals surface area contributed by atoms with Gasteiger partial charge in [-0.15, -0.1) is 0 Å². The Hall–Kier alpha value is -1.10. The van der Waals surface area contributed by atoms with Crippen LogP contribution in [0.4, 0.5) is 0 Å². The molecule has 0 aromatic carbocycles. The highest BCUT2D eigenvalue weighted by atomic mass is 16.4. The summed E-state index contributed by atoms with van der Waals surface area (Å²) in [6.45, 7) is 0. The van der Waals surface area contributed by atoms with E-state index in [0.717, 1.165) is 0 Å². The van der Waals surface area contributed by atoms with E-state index >= 15 is 0 Å². The molecule has 2 fully saturated rings. The Balaban J connectivity index is 2.20. The predicted molar refractivity (Wildman–Crippen MR) is 41.9 cm³/mol. The van der Waals surface area contributed by atoms with Crippen LogP contribution >= 0.6 is 0 Å². The molecule has 13 heavy (non-hydrogen) atoms. The van der Waals surface area contributed by atoms with Crippen molar-refractivity contribution < 1.29 is 19.8 Å². The molecule has 2 saturated carbocycles. The van der Waals surface area contributed by atoms with Gasteiger partial charge >= 0.3 is 11.9 Å². The second-order valence-corrected chi connectivity index (χ2v) is 3.94. The highest BCUT2D eigenvalue weighted by Crippen LogP contribution is 2.61. The molecular formula is C8H11NO4. The first kappa shape index (κ1) is 8.50. The van der Waals surface area contributed by atoms with Gasteiger partial charge in [0.05, 0.1) is 5.92 Å². The summed E-state index contributed by atoms with van der Waals surface area (Å²) in [5.74, 6) is -2.84. The molecule has 0 spiro atoms. The van der Waals surface area contributed by atoms with E-state index in [0.29, 0.717) is 12.8 Å². The minimum Gasteiger partial charge on any atom is -0.481 e. The van der Waals surface area contributed by atoms with Crippen molar-refractivity contribution in [2.24, 2.45) is 23.5 Å². The standard InChI is InChI=1S/C8H11NO4/c9-8(7(12)13)2-1-3-4(5(3)8)6(10)11/h3-5H,1-2,9H2,(H,10,11)(H,12,13)/t3-,4-,5-,8+/m1/s1. The van der Waals surface area contributed by atoms with E-state index in [2.05, 4.69) is 0 Å². The molecule has 5 nitrogen and oxygen atoms in total. The van der Waals surface area contributed by atoms with Crippen molar-refractivity contribution in [1.82, 2.24) is 0 Å². The quantitative estimate of drug-likeness (QED) is 0.539. The summed E-state index contributed by atoms with van der Waals surface area (Å²) in [4.78, 5) is 21.4. The third-order valence-corrected chi connectivity index (χ3v) is 3.34.